The molecule has 0 spiro atoms. The molecule has 0 radical (unpaired) electrons. The van der Waals surface area contributed by atoms with Gasteiger partial charge < -0.3 is 5.32 Å². The molecular formula is C9H17N5S. The van der Waals surface area contributed by atoms with Crippen LogP contribution in [0.25, 0.3) is 0 Å². The van der Waals surface area contributed by atoms with Gasteiger partial charge in [0.1, 0.15) is 0 Å². The fourth-order valence-electron chi connectivity index (χ4n) is 1.93. The van der Waals surface area contributed by atoms with E-state index in [1.165, 1.54) is 16.3 Å². The smallest absolute Gasteiger partial charge is 0.175 e. The summed E-state index contributed by atoms with van der Waals surface area (Å²) in [5, 5.41) is 15.6. The van der Waals surface area contributed by atoms with Crippen molar-refractivity contribution in [2.45, 2.75) is 19.4 Å². The van der Waals surface area contributed by atoms with Gasteiger partial charge in [-0.15, -0.1) is 10.2 Å². The number of rotatable bonds is 4. The van der Waals surface area contributed by atoms with Crippen molar-refractivity contribution in [1.29, 1.82) is 0 Å². The first kappa shape index (κ1) is 10.9. The summed E-state index contributed by atoms with van der Waals surface area (Å²) in [6, 6.07) is 0.615. The largest absolute Gasteiger partial charge is 0.313 e. The molecule has 1 fully saturated rings. The van der Waals surface area contributed by atoms with Crippen molar-refractivity contribution in [3.05, 3.63) is 5.82 Å². The minimum atomic E-state index is 0.615. The van der Waals surface area contributed by atoms with Gasteiger partial charge in [-0.1, -0.05) is 6.92 Å². The normalized spacial score (nSPS) is 26.0. The van der Waals surface area contributed by atoms with Gasteiger partial charge in [-0.05, 0) is 23.4 Å². The predicted octanol–water partition coefficient (Wildman–Crippen LogP) is 0.0937. The average molecular weight is 227 g/mol. The van der Waals surface area contributed by atoms with Crippen molar-refractivity contribution in [3.63, 3.8) is 0 Å². The van der Waals surface area contributed by atoms with E-state index >= 15 is 0 Å². The van der Waals surface area contributed by atoms with E-state index in [-0.39, 0.29) is 0 Å². The van der Waals surface area contributed by atoms with Crippen molar-refractivity contribution in [2.24, 2.45) is 13.0 Å². The number of aryl methyl sites for hydroxylation is 1. The third kappa shape index (κ3) is 2.69. The first-order chi connectivity index (χ1) is 7.29. The van der Waals surface area contributed by atoms with Crippen molar-refractivity contribution in [1.82, 2.24) is 25.5 Å². The van der Waals surface area contributed by atoms with Crippen LogP contribution in [0.4, 0.5) is 0 Å². The number of nitrogens with one attached hydrogen (secondary N) is 1. The Hall–Kier alpha value is -0.620. The molecule has 84 valence electrons. The molecule has 1 aliphatic heterocycles. The maximum absolute atomic E-state index is 4.23. The van der Waals surface area contributed by atoms with E-state index in [2.05, 4.69) is 27.7 Å². The number of aromatic nitrogens is 4. The van der Waals surface area contributed by atoms with Gasteiger partial charge in [-0.25, -0.2) is 0 Å². The van der Waals surface area contributed by atoms with Crippen LogP contribution in [0.2, 0.25) is 0 Å². The topological polar surface area (TPSA) is 55.6 Å². The highest BCUT2D eigenvalue weighted by atomic mass is 32.2. The van der Waals surface area contributed by atoms with E-state index < -0.39 is 0 Å². The van der Waals surface area contributed by atoms with Gasteiger partial charge in [0.05, 0.1) is 7.05 Å². The monoisotopic (exact) mass is 227 g/mol. The molecule has 0 bridgehead atoms. The van der Waals surface area contributed by atoms with Gasteiger partial charge in [0.25, 0.3) is 0 Å². The minimum Gasteiger partial charge on any atom is -0.313 e. The highest BCUT2D eigenvalue weighted by Crippen LogP contribution is 2.26. The van der Waals surface area contributed by atoms with Gasteiger partial charge in [0.15, 0.2) is 5.82 Å². The van der Waals surface area contributed by atoms with Crippen LogP contribution in [0, 0.1) is 5.92 Å². The van der Waals surface area contributed by atoms with Crippen LogP contribution in [-0.4, -0.2) is 44.3 Å². The molecule has 5 nitrogen and oxygen atoms in total. The maximum Gasteiger partial charge on any atom is 0.175 e. The Kier molecular flexibility index (Phi) is 3.58. The molecule has 0 saturated carbocycles. The van der Waals surface area contributed by atoms with E-state index in [0.717, 1.165) is 18.8 Å². The molecule has 1 N–H and O–H groups in total. The summed E-state index contributed by atoms with van der Waals surface area (Å²) in [5.41, 5.74) is 0. The third-order valence-electron chi connectivity index (χ3n) is 2.66. The zero-order valence-electron chi connectivity index (χ0n) is 9.18. The van der Waals surface area contributed by atoms with Crippen molar-refractivity contribution >= 4 is 11.8 Å². The first-order valence-corrected chi connectivity index (χ1v) is 6.49. The van der Waals surface area contributed by atoms with Crippen LogP contribution in [-0.2, 0) is 13.5 Å². The van der Waals surface area contributed by atoms with Crippen LogP contribution >= 0.6 is 11.8 Å². The van der Waals surface area contributed by atoms with Gasteiger partial charge in [0, 0.05) is 18.2 Å². The van der Waals surface area contributed by atoms with E-state index in [4.69, 9.17) is 0 Å². The molecular weight excluding hydrogens is 210 g/mol. The summed E-state index contributed by atoms with van der Waals surface area (Å²) in [6.45, 7) is 3.19. The Morgan fingerprint density at radius 2 is 2.40 bits per heavy atom. The molecule has 0 aliphatic carbocycles. The van der Waals surface area contributed by atoms with Crippen LogP contribution in [0.5, 0.6) is 0 Å². The highest BCUT2D eigenvalue weighted by Gasteiger charge is 2.28. The van der Waals surface area contributed by atoms with Crippen LogP contribution in [0.1, 0.15) is 12.7 Å². The standard InChI is InChI=1S/C9H17N5S/c1-3-10-8-6-15-5-7(8)4-9-11-13-14(2)12-9/h7-8,10H,3-6H2,1-2H3. The molecule has 1 aromatic heterocycles. The zero-order chi connectivity index (χ0) is 10.7. The summed E-state index contributed by atoms with van der Waals surface area (Å²) in [4.78, 5) is 1.53. The quantitative estimate of drug-likeness (QED) is 0.790. The van der Waals surface area contributed by atoms with Gasteiger partial charge in [0.2, 0.25) is 0 Å². The maximum atomic E-state index is 4.23. The number of nitrogens with zero attached hydrogens (tertiary/aromatic N) is 4. The third-order valence-corrected chi connectivity index (χ3v) is 3.92. The number of thioether (sulfide) groups is 1. The lowest BCUT2D eigenvalue weighted by atomic mass is 9.99. The second-order valence-corrected chi connectivity index (χ2v) is 4.94. The zero-order valence-corrected chi connectivity index (χ0v) is 10.00. The van der Waals surface area contributed by atoms with Gasteiger partial charge in [-0.2, -0.15) is 16.6 Å². The molecule has 2 unspecified atom stereocenters. The van der Waals surface area contributed by atoms with E-state index in [1.54, 1.807) is 0 Å². The minimum absolute atomic E-state index is 0.615. The Bertz CT molecular complexity index is 313. The molecule has 2 rings (SSSR count). The van der Waals surface area contributed by atoms with Gasteiger partial charge >= 0.3 is 0 Å². The Balaban J connectivity index is 1.93. The highest BCUT2D eigenvalue weighted by molar-refractivity contribution is 7.99. The molecule has 1 saturated heterocycles. The molecule has 0 amide bonds. The Morgan fingerprint density at radius 3 is 3.07 bits per heavy atom. The molecule has 6 heteroatoms. The molecule has 1 aliphatic rings. The number of tetrazole rings is 1. The average Bonchev–Trinajstić information content (AvgIpc) is 2.78. The van der Waals surface area contributed by atoms with Crippen LogP contribution < -0.4 is 5.32 Å². The first-order valence-electron chi connectivity index (χ1n) is 5.33. The summed E-state index contributed by atoms with van der Waals surface area (Å²) in [7, 11) is 1.81. The molecule has 2 atom stereocenters. The van der Waals surface area contributed by atoms with Crippen molar-refractivity contribution in [2.75, 3.05) is 18.1 Å². The second kappa shape index (κ2) is 4.94. The lowest BCUT2D eigenvalue weighted by Crippen LogP contribution is -2.36. The predicted molar refractivity (Wildman–Crippen MR) is 60.8 cm³/mol. The van der Waals surface area contributed by atoms with E-state index in [1.807, 2.05) is 18.8 Å². The summed E-state index contributed by atoms with van der Waals surface area (Å²) in [5.74, 6) is 3.93. The van der Waals surface area contributed by atoms with E-state index in [9.17, 15) is 0 Å². The number of hydrogen-bond acceptors (Lipinski definition) is 5. The lowest BCUT2D eigenvalue weighted by molar-refractivity contribution is 0.426. The number of hydrogen-bond donors (Lipinski definition) is 1. The SMILES string of the molecule is CCNC1CSCC1Cc1nnn(C)n1. The van der Waals surface area contributed by atoms with Crippen LogP contribution in [0.3, 0.4) is 0 Å². The summed E-state index contributed by atoms with van der Waals surface area (Å²) < 4.78 is 0. The van der Waals surface area contributed by atoms with Crippen LogP contribution in [0.15, 0.2) is 0 Å². The summed E-state index contributed by atoms with van der Waals surface area (Å²) in [6.07, 6.45) is 0.943. The summed E-state index contributed by atoms with van der Waals surface area (Å²) >= 11 is 2.01. The fourth-order valence-corrected chi connectivity index (χ4v) is 3.36. The Labute approximate surface area is 94.0 Å². The lowest BCUT2D eigenvalue weighted by Gasteiger charge is -2.17. The second-order valence-electron chi connectivity index (χ2n) is 3.86. The molecule has 0 aromatic carbocycles. The Morgan fingerprint density at radius 1 is 1.53 bits per heavy atom. The van der Waals surface area contributed by atoms with Gasteiger partial charge in [-0.3, -0.25) is 0 Å². The van der Waals surface area contributed by atoms with Crippen molar-refractivity contribution < 1.29 is 0 Å². The fraction of sp³-hybridized carbons (Fsp3) is 0.889. The van der Waals surface area contributed by atoms with E-state index in [0.29, 0.717) is 12.0 Å². The molecule has 2 heterocycles. The molecule has 1 aromatic rings. The van der Waals surface area contributed by atoms with Crippen molar-refractivity contribution in [3.8, 4) is 0 Å². The molecule has 15 heavy (non-hydrogen) atoms.